The summed E-state index contributed by atoms with van der Waals surface area (Å²) in [5.74, 6) is 0.138. The lowest BCUT2D eigenvalue weighted by molar-refractivity contribution is 0.0687. The molecule has 1 N–H and O–H groups in total. The maximum atomic E-state index is 11.6. The van der Waals surface area contributed by atoms with Gasteiger partial charge in [0.2, 0.25) is 0 Å². The summed E-state index contributed by atoms with van der Waals surface area (Å²) in [5, 5.41) is 10.8. The van der Waals surface area contributed by atoms with Crippen molar-refractivity contribution in [2.24, 2.45) is 0 Å². The Kier molecular flexibility index (Phi) is 7.18. The van der Waals surface area contributed by atoms with E-state index < -0.39 is 5.97 Å². The fourth-order valence-electron chi connectivity index (χ4n) is 4.73. The SMILES string of the molecule is CCC(C)n1cc(C2CCN(CCOc3cccc(OC)c3C(=O)O)CC2)c2cccnc21. The monoisotopic (exact) mass is 451 g/mol. The highest BCUT2D eigenvalue weighted by Gasteiger charge is 2.25. The zero-order valence-corrected chi connectivity index (χ0v) is 19.7. The van der Waals surface area contributed by atoms with Crippen LogP contribution in [0.25, 0.3) is 11.0 Å². The largest absolute Gasteiger partial charge is 0.496 e. The molecule has 0 aliphatic carbocycles. The Bertz CT molecular complexity index is 1100. The zero-order chi connectivity index (χ0) is 23.4. The first-order valence-electron chi connectivity index (χ1n) is 11.7. The molecule has 0 amide bonds. The van der Waals surface area contributed by atoms with Crippen LogP contribution in [-0.2, 0) is 0 Å². The number of likely N-dealkylation sites (tertiary alicyclic amines) is 1. The molecule has 2 aromatic heterocycles. The molecule has 1 atom stereocenters. The van der Waals surface area contributed by atoms with E-state index >= 15 is 0 Å². The zero-order valence-electron chi connectivity index (χ0n) is 19.7. The second-order valence-electron chi connectivity index (χ2n) is 8.73. The van der Waals surface area contributed by atoms with Gasteiger partial charge in [-0.25, -0.2) is 9.78 Å². The van der Waals surface area contributed by atoms with Gasteiger partial charge < -0.3 is 19.1 Å². The van der Waals surface area contributed by atoms with Gasteiger partial charge in [0.25, 0.3) is 0 Å². The average Bonchev–Trinajstić information content (AvgIpc) is 3.23. The molecule has 33 heavy (non-hydrogen) atoms. The molecule has 3 aromatic rings. The molecule has 1 aromatic carbocycles. The van der Waals surface area contributed by atoms with E-state index in [0.29, 0.717) is 30.1 Å². The molecule has 0 bridgehead atoms. The van der Waals surface area contributed by atoms with E-state index in [1.165, 1.54) is 18.1 Å². The van der Waals surface area contributed by atoms with Crippen LogP contribution in [0.15, 0.2) is 42.7 Å². The minimum absolute atomic E-state index is 0.0741. The van der Waals surface area contributed by atoms with Gasteiger partial charge in [0, 0.05) is 30.4 Å². The molecule has 3 heterocycles. The number of hydrogen-bond donors (Lipinski definition) is 1. The van der Waals surface area contributed by atoms with Gasteiger partial charge in [-0.3, -0.25) is 4.90 Å². The maximum Gasteiger partial charge on any atom is 0.343 e. The highest BCUT2D eigenvalue weighted by Crippen LogP contribution is 2.35. The summed E-state index contributed by atoms with van der Waals surface area (Å²) in [6, 6.07) is 9.72. The summed E-state index contributed by atoms with van der Waals surface area (Å²) < 4.78 is 13.3. The molecule has 0 radical (unpaired) electrons. The molecule has 4 rings (SSSR count). The van der Waals surface area contributed by atoms with Gasteiger partial charge in [-0.2, -0.15) is 0 Å². The predicted molar refractivity (Wildman–Crippen MR) is 129 cm³/mol. The number of benzene rings is 1. The number of piperidine rings is 1. The molecule has 0 saturated carbocycles. The smallest absolute Gasteiger partial charge is 0.343 e. The Balaban J connectivity index is 1.37. The average molecular weight is 452 g/mol. The number of nitrogens with zero attached hydrogens (tertiary/aromatic N) is 3. The van der Waals surface area contributed by atoms with Crippen molar-refractivity contribution in [1.82, 2.24) is 14.5 Å². The molecule has 1 unspecified atom stereocenters. The van der Waals surface area contributed by atoms with E-state index in [0.717, 1.165) is 44.5 Å². The van der Waals surface area contributed by atoms with Gasteiger partial charge in [-0.05, 0) is 75.0 Å². The van der Waals surface area contributed by atoms with Crippen LogP contribution in [0.4, 0.5) is 0 Å². The second kappa shape index (κ2) is 10.3. The molecular weight excluding hydrogens is 418 g/mol. The fraction of sp³-hybridized carbons (Fsp3) is 0.462. The predicted octanol–water partition coefficient (Wildman–Crippen LogP) is 4.97. The lowest BCUT2D eigenvalue weighted by atomic mass is 9.89. The van der Waals surface area contributed by atoms with Gasteiger partial charge in [0.05, 0.1) is 7.11 Å². The number of ether oxygens (including phenoxy) is 2. The normalized spacial score (nSPS) is 16.1. The van der Waals surface area contributed by atoms with Gasteiger partial charge in [0.15, 0.2) is 0 Å². The van der Waals surface area contributed by atoms with Crippen LogP contribution in [0.3, 0.4) is 0 Å². The van der Waals surface area contributed by atoms with Crippen LogP contribution in [-0.4, -0.2) is 58.9 Å². The summed E-state index contributed by atoms with van der Waals surface area (Å²) in [7, 11) is 1.46. The van der Waals surface area contributed by atoms with Crippen molar-refractivity contribution in [2.75, 3.05) is 33.4 Å². The molecule has 1 aliphatic rings. The number of fused-ring (bicyclic) bond motifs is 1. The summed E-state index contributed by atoms with van der Waals surface area (Å²) in [4.78, 5) is 18.7. The number of pyridine rings is 1. The quantitative estimate of drug-likeness (QED) is 0.495. The van der Waals surface area contributed by atoms with E-state index in [9.17, 15) is 9.90 Å². The van der Waals surface area contributed by atoms with Crippen molar-refractivity contribution in [3.05, 3.63) is 53.9 Å². The molecule has 1 aliphatic heterocycles. The van der Waals surface area contributed by atoms with Crippen LogP contribution >= 0.6 is 0 Å². The fourth-order valence-corrected chi connectivity index (χ4v) is 4.73. The molecular formula is C26H33N3O4. The number of aromatic carboxylic acids is 1. The number of carbonyl (C=O) groups is 1. The number of aromatic nitrogens is 2. The topological polar surface area (TPSA) is 76.8 Å². The Labute approximate surface area is 194 Å². The number of rotatable bonds is 9. The van der Waals surface area contributed by atoms with Gasteiger partial charge in [-0.1, -0.05) is 13.0 Å². The van der Waals surface area contributed by atoms with Crippen LogP contribution in [0.1, 0.15) is 61.0 Å². The summed E-state index contributed by atoms with van der Waals surface area (Å²) in [6.07, 6.45) is 7.47. The van der Waals surface area contributed by atoms with Crippen molar-refractivity contribution >= 4 is 17.0 Å². The van der Waals surface area contributed by atoms with Crippen LogP contribution in [0.5, 0.6) is 11.5 Å². The number of carboxylic acid groups (broad SMARTS) is 1. The highest BCUT2D eigenvalue weighted by molar-refractivity contribution is 5.94. The van der Waals surface area contributed by atoms with Crippen molar-refractivity contribution in [3.8, 4) is 11.5 Å². The van der Waals surface area contributed by atoms with E-state index in [-0.39, 0.29) is 5.56 Å². The molecule has 7 nitrogen and oxygen atoms in total. The first-order valence-corrected chi connectivity index (χ1v) is 11.7. The number of methoxy groups -OCH3 is 1. The van der Waals surface area contributed by atoms with Crippen LogP contribution < -0.4 is 9.47 Å². The van der Waals surface area contributed by atoms with E-state index in [1.807, 2.05) is 12.3 Å². The number of hydrogen-bond acceptors (Lipinski definition) is 5. The van der Waals surface area contributed by atoms with E-state index in [4.69, 9.17) is 9.47 Å². The van der Waals surface area contributed by atoms with Gasteiger partial charge >= 0.3 is 5.97 Å². The third-order valence-electron chi connectivity index (χ3n) is 6.80. The van der Waals surface area contributed by atoms with Gasteiger partial charge in [0.1, 0.15) is 29.3 Å². The Morgan fingerprint density at radius 1 is 1.21 bits per heavy atom. The first-order chi connectivity index (χ1) is 16.0. The molecule has 7 heteroatoms. The summed E-state index contributed by atoms with van der Waals surface area (Å²) >= 11 is 0. The second-order valence-corrected chi connectivity index (χ2v) is 8.73. The molecule has 176 valence electrons. The lowest BCUT2D eigenvalue weighted by Gasteiger charge is -2.31. The van der Waals surface area contributed by atoms with Crippen molar-refractivity contribution in [2.45, 2.75) is 45.1 Å². The van der Waals surface area contributed by atoms with E-state index in [1.54, 1.807) is 18.2 Å². The van der Waals surface area contributed by atoms with Crippen LogP contribution in [0.2, 0.25) is 0 Å². The minimum Gasteiger partial charge on any atom is -0.496 e. The number of carboxylic acids is 1. The Morgan fingerprint density at radius 3 is 2.67 bits per heavy atom. The highest BCUT2D eigenvalue weighted by atomic mass is 16.5. The minimum atomic E-state index is -1.05. The lowest BCUT2D eigenvalue weighted by Crippen LogP contribution is -2.35. The Morgan fingerprint density at radius 2 is 1.97 bits per heavy atom. The van der Waals surface area contributed by atoms with Crippen molar-refractivity contribution in [1.29, 1.82) is 0 Å². The van der Waals surface area contributed by atoms with Crippen molar-refractivity contribution < 1.29 is 19.4 Å². The summed E-state index contributed by atoms with van der Waals surface area (Å²) in [6.45, 7) is 7.65. The molecule has 1 fully saturated rings. The van der Waals surface area contributed by atoms with Crippen molar-refractivity contribution in [3.63, 3.8) is 0 Å². The molecule has 0 spiro atoms. The summed E-state index contributed by atoms with van der Waals surface area (Å²) in [5.41, 5.74) is 2.58. The third-order valence-corrected chi connectivity index (χ3v) is 6.80. The van der Waals surface area contributed by atoms with Crippen LogP contribution in [0, 0.1) is 0 Å². The maximum absolute atomic E-state index is 11.6. The first kappa shape index (κ1) is 23.1. The standard InChI is InChI=1S/C26H33N3O4/c1-4-18(2)29-17-21(20-7-6-12-27-25(20)29)19-10-13-28(14-11-19)15-16-33-23-9-5-8-22(32-3)24(23)26(30)31/h5-9,12,17-19H,4,10-11,13-16H2,1-3H3,(H,30,31). The molecule has 1 saturated heterocycles. The van der Waals surface area contributed by atoms with E-state index in [2.05, 4.69) is 40.6 Å². The third kappa shape index (κ3) is 4.83. The Hall–Kier alpha value is -3.06. The van der Waals surface area contributed by atoms with Gasteiger partial charge in [-0.15, -0.1) is 0 Å².